The Kier molecular flexibility index (Phi) is 2.44. The molecule has 0 saturated carbocycles. The van der Waals surface area contributed by atoms with E-state index in [1.165, 1.54) is 6.92 Å². The summed E-state index contributed by atoms with van der Waals surface area (Å²) in [6.07, 6.45) is 0. The second-order valence-electron chi connectivity index (χ2n) is 3.40. The number of anilines is 1. The highest BCUT2D eigenvalue weighted by Gasteiger charge is 2.24. The molecule has 0 radical (unpaired) electrons. The smallest absolute Gasteiger partial charge is 0.170 e. The number of hydrogen-bond donors (Lipinski definition) is 1. The number of allylic oxidation sites excluding steroid dienone is 2. The molecule has 0 bridgehead atoms. The SMILES string of the molecule is CC(=O)C1=C(C)Nc2ccccc2[S@@]1=O. The first-order chi connectivity index (χ1) is 7.11. The highest BCUT2D eigenvalue weighted by atomic mass is 32.2. The molecule has 0 spiro atoms. The Morgan fingerprint density at radius 3 is 2.67 bits per heavy atom. The van der Waals surface area contributed by atoms with Crippen molar-refractivity contribution in [1.29, 1.82) is 0 Å². The highest BCUT2D eigenvalue weighted by Crippen LogP contribution is 2.31. The van der Waals surface area contributed by atoms with Crippen LogP contribution < -0.4 is 5.32 Å². The number of Topliss-reactive ketones (excluding diaryl/α,β-unsaturated/α-hetero) is 1. The molecular formula is C11H11NO2S. The van der Waals surface area contributed by atoms with Crippen LogP contribution in [0.5, 0.6) is 0 Å². The molecule has 1 aliphatic rings. The highest BCUT2D eigenvalue weighted by molar-refractivity contribution is 7.90. The molecule has 0 fully saturated rings. The third kappa shape index (κ3) is 1.61. The molecule has 0 saturated heterocycles. The fraction of sp³-hybridized carbons (Fsp3) is 0.182. The Morgan fingerprint density at radius 1 is 1.33 bits per heavy atom. The summed E-state index contributed by atoms with van der Waals surface area (Å²) in [5.74, 6) is -0.146. The van der Waals surface area contributed by atoms with Gasteiger partial charge in [0.25, 0.3) is 0 Å². The summed E-state index contributed by atoms with van der Waals surface area (Å²) < 4.78 is 12.1. The van der Waals surface area contributed by atoms with Gasteiger partial charge in [-0.2, -0.15) is 0 Å². The summed E-state index contributed by atoms with van der Waals surface area (Å²) in [6, 6.07) is 7.31. The Bertz CT molecular complexity index is 491. The van der Waals surface area contributed by atoms with Gasteiger partial charge in [-0.05, 0) is 26.0 Å². The number of ketones is 1. The first kappa shape index (κ1) is 10.1. The van der Waals surface area contributed by atoms with Gasteiger partial charge in [0.15, 0.2) is 5.78 Å². The topological polar surface area (TPSA) is 46.2 Å². The molecule has 1 aromatic carbocycles. The monoisotopic (exact) mass is 221 g/mol. The van der Waals surface area contributed by atoms with Gasteiger partial charge in [0.1, 0.15) is 4.91 Å². The van der Waals surface area contributed by atoms with Crippen molar-refractivity contribution in [2.75, 3.05) is 5.32 Å². The largest absolute Gasteiger partial charge is 0.357 e. The van der Waals surface area contributed by atoms with Crippen molar-refractivity contribution in [3.63, 3.8) is 0 Å². The van der Waals surface area contributed by atoms with E-state index in [1.807, 2.05) is 18.2 Å². The van der Waals surface area contributed by atoms with E-state index in [0.717, 1.165) is 5.69 Å². The predicted molar refractivity (Wildman–Crippen MR) is 59.9 cm³/mol. The van der Waals surface area contributed by atoms with Gasteiger partial charge in [0.05, 0.1) is 21.4 Å². The summed E-state index contributed by atoms with van der Waals surface area (Å²) in [4.78, 5) is 12.4. The number of carbonyl (C=O) groups excluding carboxylic acids is 1. The van der Waals surface area contributed by atoms with Crippen molar-refractivity contribution in [3.05, 3.63) is 34.9 Å². The number of benzene rings is 1. The maximum absolute atomic E-state index is 12.1. The average Bonchev–Trinajstić information content (AvgIpc) is 2.17. The molecule has 4 heteroatoms. The lowest BCUT2D eigenvalue weighted by Gasteiger charge is -2.20. The molecule has 1 N–H and O–H groups in total. The van der Waals surface area contributed by atoms with E-state index in [9.17, 15) is 9.00 Å². The van der Waals surface area contributed by atoms with Crippen LogP contribution in [0.15, 0.2) is 39.8 Å². The van der Waals surface area contributed by atoms with Gasteiger partial charge in [0, 0.05) is 5.70 Å². The van der Waals surface area contributed by atoms with Crippen LogP contribution in [0.3, 0.4) is 0 Å². The summed E-state index contributed by atoms with van der Waals surface area (Å²) in [5.41, 5.74) is 1.50. The second-order valence-corrected chi connectivity index (χ2v) is 4.79. The second kappa shape index (κ2) is 3.62. The molecule has 2 rings (SSSR count). The summed E-state index contributed by atoms with van der Waals surface area (Å²) in [7, 11) is -1.35. The van der Waals surface area contributed by atoms with Gasteiger partial charge in [-0.25, -0.2) is 4.21 Å². The van der Waals surface area contributed by atoms with E-state index in [0.29, 0.717) is 15.5 Å². The van der Waals surface area contributed by atoms with Gasteiger partial charge in [-0.1, -0.05) is 12.1 Å². The van der Waals surface area contributed by atoms with E-state index in [1.54, 1.807) is 13.0 Å². The number of rotatable bonds is 1. The van der Waals surface area contributed by atoms with Crippen molar-refractivity contribution in [3.8, 4) is 0 Å². The summed E-state index contributed by atoms with van der Waals surface area (Å²) in [5, 5.41) is 3.09. The van der Waals surface area contributed by atoms with E-state index in [2.05, 4.69) is 5.32 Å². The minimum absolute atomic E-state index is 0.146. The molecule has 1 aliphatic heterocycles. The van der Waals surface area contributed by atoms with Crippen LogP contribution in [0.4, 0.5) is 5.69 Å². The van der Waals surface area contributed by atoms with Crippen LogP contribution in [0, 0.1) is 0 Å². The fourth-order valence-electron chi connectivity index (χ4n) is 1.63. The van der Waals surface area contributed by atoms with Crippen LogP contribution in [0.25, 0.3) is 0 Å². The number of para-hydroxylation sites is 1. The third-order valence-corrected chi connectivity index (χ3v) is 3.97. The van der Waals surface area contributed by atoms with Crippen molar-refractivity contribution in [1.82, 2.24) is 0 Å². The lowest BCUT2D eigenvalue weighted by molar-refractivity contribution is -0.113. The van der Waals surface area contributed by atoms with E-state index >= 15 is 0 Å². The molecule has 0 unspecified atom stereocenters. The quantitative estimate of drug-likeness (QED) is 0.789. The first-order valence-electron chi connectivity index (χ1n) is 4.61. The number of carbonyl (C=O) groups is 1. The maximum atomic E-state index is 12.1. The lowest BCUT2D eigenvalue weighted by Crippen LogP contribution is -2.17. The molecule has 1 aromatic rings. The Morgan fingerprint density at radius 2 is 2.00 bits per heavy atom. The molecule has 1 atom stereocenters. The van der Waals surface area contributed by atoms with Crippen molar-refractivity contribution in [2.45, 2.75) is 18.7 Å². The third-order valence-electron chi connectivity index (χ3n) is 2.25. The van der Waals surface area contributed by atoms with E-state index in [4.69, 9.17) is 0 Å². The fourth-order valence-corrected chi connectivity index (χ4v) is 2.97. The van der Waals surface area contributed by atoms with Crippen LogP contribution in [-0.2, 0) is 15.6 Å². The van der Waals surface area contributed by atoms with Gasteiger partial charge in [-0.15, -0.1) is 0 Å². The van der Waals surface area contributed by atoms with E-state index < -0.39 is 10.8 Å². The standard InChI is InChI=1S/C11H11NO2S/c1-7-11(8(2)13)15(14)10-6-4-3-5-9(10)12-7/h3-6,12H,1-2H3/t15-/m0/s1. The number of fused-ring (bicyclic) bond motifs is 1. The Balaban J connectivity index is 2.58. The summed E-state index contributed by atoms with van der Waals surface area (Å²) in [6.45, 7) is 3.21. The molecule has 1 heterocycles. The number of nitrogens with one attached hydrogen (secondary N) is 1. The zero-order chi connectivity index (χ0) is 11.0. The minimum atomic E-state index is -1.35. The predicted octanol–water partition coefficient (Wildman–Crippen LogP) is 2.04. The zero-order valence-corrected chi connectivity index (χ0v) is 9.35. The van der Waals surface area contributed by atoms with Gasteiger partial charge < -0.3 is 5.32 Å². The minimum Gasteiger partial charge on any atom is -0.357 e. The Hall–Kier alpha value is -1.42. The molecule has 0 aromatic heterocycles. The lowest BCUT2D eigenvalue weighted by atomic mass is 10.2. The Labute approximate surface area is 90.6 Å². The average molecular weight is 221 g/mol. The number of hydrogen-bond acceptors (Lipinski definition) is 3. The van der Waals surface area contributed by atoms with Gasteiger partial charge in [0.2, 0.25) is 0 Å². The maximum Gasteiger partial charge on any atom is 0.170 e. The van der Waals surface area contributed by atoms with Crippen LogP contribution >= 0.6 is 0 Å². The van der Waals surface area contributed by atoms with Gasteiger partial charge >= 0.3 is 0 Å². The molecular weight excluding hydrogens is 210 g/mol. The van der Waals surface area contributed by atoms with Crippen LogP contribution in [0.1, 0.15) is 13.8 Å². The van der Waals surface area contributed by atoms with E-state index in [-0.39, 0.29) is 5.78 Å². The molecule has 0 amide bonds. The van der Waals surface area contributed by atoms with Crippen LogP contribution in [-0.4, -0.2) is 9.99 Å². The molecule has 15 heavy (non-hydrogen) atoms. The summed E-state index contributed by atoms with van der Waals surface area (Å²) >= 11 is 0. The molecule has 0 aliphatic carbocycles. The van der Waals surface area contributed by atoms with Gasteiger partial charge in [-0.3, -0.25) is 4.79 Å². The first-order valence-corrected chi connectivity index (χ1v) is 5.76. The molecule has 3 nitrogen and oxygen atoms in total. The molecule has 78 valence electrons. The van der Waals surface area contributed by atoms with Crippen LogP contribution in [0.2, 0.25) is 0 Å². The zero-order valence-electron chi connectivity index (χ0n) is 8.53. The van der Waals surface area contributed by atoms with Crippen molar-refractivity contribution >= 4 is 22.3 Å². The van der Waals surface area contributed by atoms with Crippen molar-refractivity contribution in [2.24, 2.45) is 0 Å². The van der Waals surface area contributed by atoms with Crippen molar-refractivity contribution < 1.29 is 9.00 Å². The normalized spacial score (nSPS) is 19.5.